The molecule has 1 atom stereocenters. The van der Waals surface area contributed by atoms with E-state index in [0.29, 0.717) is 33.0 Å². The Balaban J connectivity index is 3.03. The van der Waals surface area contributed by atoms with E-state index in [9.17, 15) is 0 Å². The van der Waals surface area contributed by atoms with Gasteiger partial charge in [-0.1, -0.05) is 0 Å². The zero-order chi connectivity index (χ0) is 12.1. The molecular formula is C11H25NO4. The number of hydrogen-bond donors (Lipinski definition) is 2. The van der Waals surface area contributed by atoms with Crippen molar-refractivity contribution in [3.63, 3.8) is 0 Å². The highest BCUT2D eigenvalue weighted by Gasteiger charge is 2.02. The lowest BCUT2D eigenvalue weighted by Crippen LogP contribution is -2.30. The molecule has 0 spiro atoms. The van der Waals surface area contributed by atoms with Gasteiger partial charge in [-0.15, -0.1) is 0 Å². The monoisotopic (exact) mass is 235 g/mol. The number of methoxy groups -OCH3 is 1. The molecule has 0 fully saturated rings. The molecule has 0 aromatic heterocycles. The van der Waals surface area contributed by atoms with Crippen molar-refractivity contribution in [2.45, 2.75) is 18.9 Å². The summed E-state index contributed by atoms with van der Waals surface area (Å²) in [4.78, 5) is 0. The fraction of sp³-hybridized carbons (Fsp3) is 1.00. The molecule has 0 bridgehead atoms. The van der Waals surface area contributed by atoms with Gasteiger partial charge in [0.15, 0.2) is 0 Å². The normalized spacial score (nSPS) is 12.9. The summed E-state index contributed by atoms with van der Waals surface area (Å²) in [5, 5.41) is 11.9. The number of nitrogens with one attached hydrogen (secondary N) is 1. The highest BCUT2D eigenvalue weighted by molar-refractivity contribution is 4.60. The highest BCUT2D eigenvalue weighted by atomic mass is 16.5. The van der Waals surface area contributed by atoms with E-state index < -0.39 is 0 Å². The van der Waals surface area contributed by atoms with Crippen LogP contribution in [0, 0.1) is 0 Å². The Bertz CT molecular complexity index is 131. The van der Waals surface area contributed by atoms with E-state index in [1.165, 1.54) is 0 Å². The third kappa shape index (κ3) is 10.3. The smallest absolute Gasteiger partial charge is 0.0700 e. The van der Waals surface area contributed by atoms with Crippen molar-refractivity contribution in [2.75, 3.05) is 53.8 Å². The van der Waals surface area contributed by atoms with Gasteiger partial charge in [-0.3, -0.25) is 0 Å². The number of hydrogen-bond acceptors (Lipinski definition) is 5. The van der Waals surface area contributed by atoms with Gasteiger partial charge >= 0.3 is 0 Å². The Labute approximate surface area is 98.1 Å². The van der Waals surface area contributed by atoms with E-state index in [0.717, 1.165) is 12.8 Å². The lowest BCUT2D eigenvalue weighted by molar-refractivity contribution is 0.0491. The Morgan fingerprint density at radius 1 is 1.06 bits per heavy atom. The van der Waals surface area contributed by atoms with Gasteiger partial charge in [-0.2, -0.15) is 0 Å². The van der Waals surface area contributed by atoms with E-state index in [4.69, 9.17) is 19.3 Å². The van der Waals surface area contributed by atoms with Crippen molar-refractivity contribution >= 4 is 0 Å². The molecule has 98 valence electrons. The van der Waals surface area contributed by atoms with Crippen LogP contribution in [0.25, 0.3) is 0 Å². The van der Waals surface area contributed by atoms with Gasteiger partial charge in [0.1, 0.15) is 0 Å². The van der Waals surface area contributed by atoms with Crippen LogP contribution in [0.15, 0.2) is 0 Å². The SMILES string of the molecule is CNC(CO)CCOCCCOCCOC. The standard InChI is InChI=1S/C11H25NO4/c1-12-11(10-13)4-7-15-5-3-6-16-9-8-14-2/h11-13H,3-10H2,1-2H3. The zero-order valence-electron chi connectivity index (χ0n) is 10.4. The first-order chi connectivity index (χ1) is 7.85. The van der Waals surface area contributed by atoms with Gasteiger partial charge in [0.05, 0.1) is 19.8 Å². The summed E-state index contributed by atoms with van der Waals surface area (Å²) in [6.45, 7) is 3.52. The van der Waals surface area contributed by atoms with Crippen molar-refractivity contribution in [2.24, 2.45) is 0 Å². The maximum atomic E-state index is 8.90. The topological polar surface area (TPSA) is 60.0 Å². The van der Waals surface area contributed by atoms with Crippen LogP contribution in [0.4, 0.5) is 0 Å². The maximum Gasteiger partial charge on any atom is 0.0700 e. The second kappa shape index (κ2) is 12.9. The zero-order valence-corrected chi connectivity index (χ0v) is 10.4. The summed E-state index contributed by atoms with van der Waals surface area (Å²) < 4.78 is 15.5. The van der Waals surface area contributed by atoms with Gasteiger partial charge < -0.3 is 24.6 Å². The summed E-state index contributed by atoms with van der Waals surface area (Å²) >= 11 is 0. The minimum absolute atomic E-state index is 0.137. The van der Waals surface area contributed by atoms with E-state index in [-0.39, 0.29) is 12.6 Å². The minimum atomic E-state index is 0.137. The molecule has 0 aliphatic rings. The third-order valence-electron chi connectivity index (χ3n) is 2.25. The van der Waals surface area contributed by atoms with Gasteiger partial charge in [0.25, 0.3) is 0 Å². The van der Waals surface area contributed by atoms with Gasteiger partial charge in [-0.25, -0.2) is 0 Å². The summed E-state index contributed by atoms with van der Waals surface area (Å²) in [6, 6.07) is 0.137. The molecule has 0 aromatic carbocycles. The number of aliphatic hydroxyl groups excluding tert-OH is 1. The molecule has 5 nitrogen and oxygen atoms in total. The van der Waals surface area contributed by atoms with Crippen molar-refractivity contribution < 1.29 is 19.3 Å². The predicted octanol–water partition coefficient (Wildman–Crippen LogP) is 0.0265. The predicted molar refractivity (Wildman–Crippen MR) is 62.7 cm³/mol. The highest BCUT2D eigenvalue weighted by Crippen LogP contribution is 1.92. The van der Waals surface area contributed by atoms with Crippen LogP contribution in [0.2, 0.25) is 0 Å². The van der Waals surface area contributed by atoms with Crippen LogP contribution in [-0.2, 0) is 14.2 Å². The molecule has 5 heteroatoms. The first-order valence-corrected chi connectivity index (χ1v) is 5.77. The largest absolute Gasteiger partial charge is 0.395 e. The Morgan fingerprint density at radius 3 is 2.31 bits per heavy atom. The van der Waals surface area contributed by atoms with Crippen molar-refractivity contribution in [1.82, 2.24) is 5.32 Å². The molecule has 0 amide bonds. The lowest BCUT2D eigenvalue weighted by atomic mass is 10.2. The summed E-state index contributed by atoms with van der Waals surface area (Å²) in [5.41, 5.74) is 0. The first kappa shape index (κ1) is 15.8. The molecule has 0 aliphatic heterocycles. The third-order valence-corrected chi connectivity index (χ3v) is 2.25. The first-order valence-electron chi connectivity index (χ1n) is 5.77. The van der Waals surface area contributed by atoms with Crippen LogP contribution < -0.4 is 5.32 Å². The second-order valence-electron chi connectivity index (χ2n) is 3.53. The molecule has 0 rings (SSSR count). The van der Waals surface area contributed by atoms with Crippen LogP contribution in [-0.4, -0.2) is 64.9 Å². The average Bonchev–Trinajstić information content (AvgIpc) is 2.32. The Hall–Kier alpha value is -0.200. The van der Waals surface area contributed by atoms with Gasteiger partial charge in [-0.05, 0) is 19.9 Å². The van der Waals surface area contributed by atoms with E-state index >= 15 is 0 Å². The van der Waals surface area contributed by atoms with Crippen molar-refractivity contribution in [3.8, 4) is 0 Å². The molecule has 0 saturated heterocycles. The molecule has 2 N–H and O–H groups in total. The van der Waals surface area contributed by atoms with E-state index in [1.807, 2.05) is 7.05 Å². The average molecular weight is 235 g/mol. The van der Waals surface area contributed by atoms with Crippen LogP contribution in [0.1, 0.15) is 12.8 Å². The number of aliphatic hydroxyl groups is 1. The molecule has 0 aromatic rings. The van der Waals surface area contributed by atoms with Crippen LogP contribution in [0.5, 0.6) is 0 Å². The molecule has 0 radical (unpaired) electrons. The number of likely N-dealkylation sites (N-methyl/N-ethyl adjacent to an activating group) is 1. The van der Waals surface area contributed by atoms with Gasteiger partial charge in [0.2, 0.25) is 0 Å². The number of ether oxygens (including phenoxy) is 3. The van der Waals surface area contributed by atoms with E-state index in [2.05, 4.69) is 5.32 Å². The van der Waals surface area contributed by atoms with Crippen molar-refractivity contribution in [3.05, 3.63) is 0 Å². The Kier molecular flexibility index (Phi) is 12.7. The molecular weight excluding hydrogens is 210 g/mol. The molecule has 0 saturated carbocycles. The molecule has 0 aliphatic carbocycles. The van der Waals surface area contributed by atoms with Gasteiger partial charge in [0, 0.05) is 33.0 Å². The molecule has 1 unspecified atom stereocenters. The van der Waals surface area contributed by atoms with E-state index in [1.54, 1.807) is 7.11 Å². The summed E-state index contributed by atoms with van der Waals surface area (Å²) in [7, 11) is 3.50. The summed E-state index contributed by atoms with van der Waals surface area (Å²) in [6.07, 6.45) is 1.73. The van der Waals surface area contributed by atoms with Crippen LogP contribution >= 0.6 is 0 Å². The number of rotatable bonds is 12. The summed E-state index contributed by atoms with van der Waals surface area (Å²) in [5.74, 6) is 0. The van der Waals surface area contributed by atoms with Crippen molar-refractivity contribution in [1.29, 1.82) is 0 Å². The fourth-order valence-corrected chi connectivity index (χ4v) is 1.16. The lowest BCUT2D eigenvalue weighted by Gasteiger charge is -2.12. The minimum Gasteiger partial charge on any atom is -0.395 e. The second-order valence-corrected chi connectivity index (χ2v) is 3.53. The fourth-order valence-electron chi connectivity index (χ4n) is 1.16. The Morgan fingerprint density at radius 2 is 1.75 bits per heavy atom. The maximum absolute atomic E-state index is 8.90. The van der Waals surface area contributed by atoms with Crippen LogP contribution in [0.3, 0.4) is 0 Å². The molecule has 16 heavy (non-hydrogen) atoms. The quantitative estimate of drug-likeness (QED) is 0.467. The molecule has 0 heterocycles.